The van der Waals surface area contributed by atoms with Crippen LogP contribution in [0.25, 0.3) is 0 Å². The molecule has 0 unspecified atom stereocenters. The second-order valence-corrected chi connectivity index (χ2v) is 5.23. The number of rotatable bonds is 5. The number of carbonyl (C=O) groups is 3. The third-order valence-electron chi connectivity index (χ3n) is 2.72. The quantitative estimate of drug-likeness (QED) is 0.837. The fourth-order valence-electron chi connectivity index (χ4n) is 1.80. The first kappa shape index (κ1) is 13.5. The van der Waals surface area contributed by atoms with Crippen molar-refractivity contribution in [2.45, 2.75) is 12.8 Å². The SMILES string of the molecule is O=C(O)CCCSC1=CC(=O)c2ccccc2C1=O. The molecule has 1 aliphatic carbocycles. The third-order valence-corrected chi connectivity index (χ3v) is 3.82. The van der Waals surface area contributed by atoms with E-state index in [1.54, 1.807) is 24.3 Å². The Bertz CT molecular complexity index is 575. The Morgan fingerprint density at radius 1 is 1.16 bits per heavy atom. The van der Waals surface area contributed by atoms with E-state index in [1.807, 2.05) is 0 Å². The van der Waals surface area contributed by atoms with E-state index in [4.69, 9.17) is 5.11 Å². The van der Waals surface area contributed by atoms with Gasteiger partial charge in [-0.1, -0.05) is 24.3 Å². The van der Waals surface area contributed by atoms with Crippen LogP contribution in [-0.2, 0) is 4.79 Å². The highest BCUT2D eigenvalue weighted by molar-refractivity contribution is 8.04. The van der Waals surface area contributed by atoms with Crippen LogP contribution in [0.4, 0.5) is 0 Å². The molecule has 0 aliphatic heterocycles. The number of thioether (sulfide) groups is 1. The summed E-state index contributed by atoms with van der Waals surface area (Å²) in [6.45, 7) is 0. The van der Waals surface area contributed by atoms with Gasteiger partial charge in [0.25, 0.3) is 0 Å². The number of carbonyl (C=O) groups excluding carboxylic acids is 2. The van der Waals surface area contributed by atoms with Crippen LogP contribution in [0.1, 0.15) is 33.6 Å². The Balaban J connectivity index is 2.06. The molecule has 1 aromatic carbocycles. The number of hydrogen-bond acceptors (Lipinski definition) is 4. The molecule has 0 bridgehead atoms. The normalized spacial score (nSPS) is 14.0. The van der Waals surface area contributed by atoms with E-state index in [9.17, 15) is 14.4 Å². The van der Waals surface area contributed by atoms with Gasteiger partial charge in [-0.15, -0.1) is 11.8 Å². The van der Waals surface area contributed by atoms with Gasteiger partial charge in [-0.2, -0.15) is 0 Å². The van der Waals surface area contributed by atoms with Crippen molar-refractivity contribution in [2.24, 2.45) is 0 Å². The van der Waals surface area contributed by atoms with Gasteiger partial charge >= 0.3 is 5.97 Å². The topological polar surface area (TPSA) is 71.4 Å². The van der Waals surface area contributed by atoms with Crippen LogP contribution in [0.2, 0.25) is 0 Å². The minimum absolute atomic E-state index is 0.0685. The summed E-state index contributed by atoms with van der Waals surface area (Å²) in [5.41, 5.74) is 0.859. The lowest BCUT2D eigenvalue weighted by molar-refractivity contribution is -0.137. The van der Waals surface area contributed by atoms with Crippen molar-refractivity contribution in [3.8, 4) is 0 Å². The van der Waals surface area contributed by atoms with Crippen molar-refractivity contribution in [1.82, 2.24) is 0 Å². The summed E-state index contributed by atoms with van der Waals surface area (Å²) in [7, 11) is 0. The summed E-state index contributed by atoms with van der Waals surface area (Å²) >= 11 is 1.24. The summed E-state index contributed by atoms with van der Waals surface area (Å²) < 4.78 is 0. The Kier molecular flexibility index (Phi) is 4.16. The van der Waals surface area contributed by atoms with Crippen LogP contribution in [0.15, 0.2) is 35.2 Å². The zero-order valence-electron chi connectivity index (χ0n) is 10.1. The van der Waals surface area contributed by atoms with E-state index in [0.717, 1.165) is 0 Å². The average Bonchev–Trinajstić information content (AvgIpc) is 2.40. The Labute approximate surface area is 114 Å². The Morgan fingerprint density at radius 2 is 1.84 bits per heavy atom. The zero-order chi connectivity index (χ0) is 13.8. The van der Waals surface area contributed by atoms with E-state index in [-0.39, 0.29) is 18.0 Å². The van der Waals surface area contributed by atoms with Crippen LogP contribution in [0.5, 0.6) is 0 Å². The van der Waals surface area contributed by atoms with Crippen molar-refractivity contribution in [1.29, 1.82) is 0 Å². The predicted molar refractivity (Wildman–Crippen MR) is 72.5 cm³/mol. The highest BCUT2D eigenvalue weighted by atomic mass is 32.2. The average molecular weight is 276 g/mol. The lowest BCUT2D eigenvalue weighted by Crippen LogP contribution is -2.15. The number of fused-ring (bicyclic) bond motifs is 1. The van der Waals surface area contributed by atoms with Gasteiger partial charge in [0.05, 0.1) is 4.91 Å². The van der Waals surface area contributed by atoms with E-state index >= 15 is 0 Å². The number of ketones is 2. The number of Topliss-reactive ketones (excluding diaryl/α,β-unsaturated/α-hetero) is 1. The van der Waals surface area contributed by atoms with Crippen molar-refractivity contribution < 1.29 is 19.5 Å². The molecule has 4 nitrogen and oxygen atoms in total. The van der Waals surface area contributed by atoms with Gasteiger partial charge in [0.2, 0.25) is 0 Å². The van der Waals surface area contributed by atoms with Crippen LogP contribution in [0.3, 0.4) is 0 Å². The molecule has 0 saturated carbocycles. The standard InChI is InChI=1S/C14H12O4S/c15-11-8-12(19-7-3-6-13(16)17)14(18)10-5-2-1-4-9(10)11/h1-2,4-5,8H,3,6-7H2,(H,16,17). The molecule has 0 fully saturated rings. The number of carboxylic acid groups (broad SMARTS) is 1. The summed E-state index contributed by atoms with van der Waals surface area (Å²) in [6.07, 6.45) is 1.88. The van der Waals surface area contributed by atoms with Gasteiger partial charge in [0, 0.05) is 23.6 Å². The molecule has 0 spiro atoms. The molecule has 1 aromatic rings. The van der Waals surface area contributed by atoms with Gasteiger partial charge in [-0.05, 0) is 12.2 Å². The minimum atomic E-state index is -0.856. The molecule has 0 atom stereocenters. The molecule has 0 amide bonds. The number of allylic oxidation sites excluding steroid dienone is 2. The van der Waals surface area contributed by atoms with Crippen LogP contribution in [0, 0.1) is 0 Å². The van der Waals surface area contributed by atoms with Crippen molar-refractivity contribution in [2.75, 3.05) is 5.75 Å². The number of carboxylic acids is 1. The summed E-state index contributed by atoms with van der Waals surface area (Å²) in [6, 6.07) is 6.73. The molecule has 0 radical (unpaired) electrons. The maximum atomic E-state index is 12.1. The molecular weight excluding hydrogens is 264 g/mol. The van der Waals surface area contributed by atoms with E-state index in [2.05, 4.69) is 0 Å². The van der Waals surface area contributed by atoms with E-state index < -0.39 is 5.97 Å². The van der Waals surface area contributed by atoms with Crippen molar-refractivity contribution >= 4 is 29.3 Å². The smallest absolute Gasteiger partial charge is 0.303 e. The first-order valence-corrected chi connectivity index (χ1v) is 6.82. The van der Waals surface area contributed by atoms with Crippen molar-refractivity contribution in [3.05, 3.63) is 46.4 Å². The van der Waals surface area contributed by atoms with Crippen LogP contribution in [-0.4, -0.2) is 28.4 Å². The second kappa shape index (κ2) is 5.84. The predicted octanol–water partition coefficient (Wildman–Crippen LogP) is 2.55. The summed E-state index contributed by atoms with van der Waals surface area (Å²) in [5.74, 6) is -0.670. The minimum Gasteiger partial charge on any atom is -0.481 e. The monoisotopic (exact) mass is 276 g/mol. The molecule has 0 saturated heterocycles. The summed E-state index contributed by atoms with van der Waals surface area (Å²) in [4.78, 5) is 34.8. The summed E-state index contributed by atoms with van der Waals surface area (Å²) in [5, 5.41) is 8.53. The third kappa shape index (κ3) is 3.12. The molecule has 1 N–H and O–H groups in total. The largest absolute Gasteiger partial charge is 0.481 e. The van der Waals surface area contributed by atoms with Gasteiger partial charge < -0.3 is 5.11 Å². The maximum absolute atomic E-state index is 12.1. The molecular formula is C14H12O4S. The fourth-order valence-corrected chi connectivity index (χ4v) is 2.74. The van der Waals surface area contributed by atoms with Crippen LogP contribution < -0.4 is 0 Å². The molecule has 0 heterocycles. The zero-order valence-corrected chi connectivity index (χ0v) is 10.9. The van der Waals surface area contributed by atoms with Crippen molar-refractivity contribution in [3.63, 3.8) is 0 Å². The Morgan fingerprint density at radius 3 is 2.53 bits per heavy atom. The molecule has 98 valence electrons. The maximum Gasteiger partial charge on any atom is 0.303 e. The highest BCUT2D eigenvalue weighted by Gasteiger charge is 2.24. The number of benzene rings is 1. The first-order chi connectivity index (χ1) is 9.09. The number of aliphatic carboxylic acids is 1. The molecule has 19 heavy (non-hydrogen) atoms. The lowest BCUT2D eigenvalue weighted by Gasteiger charge is -2.14. The van der Waals surface area contributed by atoms with Gasteiger partial charge in [-0.3, -0.25) is 14.4 Å². The molecule has 2 rings (SSSR count). The molecule has 0 aromatic heterocycles. The van der Waals surface area contributed by atoms with Gasteiger partial charge in [0.1, 0.15) is 0 Å². The first-order valence-electron chi connectivity index (χ1n) is 5.84. The molecule has 5 heteroatoms. The fraction of sp³-hybridized carbons (Fsp3) is 0.214. The molecule has 1 aliphatic rings. The lowest BCUT2D eigenvalue weighted by atomic mass is 9.95. The van der Waals surface area contributed by atoms with Gasteiger partial charge in [0.15, 0.2) is 11.6 Å². The second-order valence-electron chi connectivity index (χ2n) is 4.09. The Hall–Kier alpha value is -1.88. The van der Waals surface area contributed by atoms with Gasteiger partial charge in [-0.25, -0.2) is 0 Å². The van der Waals surface area contributed by atoms with Crippen LogP contribution >= 0.6 is 11.8 Å². The van der Waals surface area contributed by atoms with E-state index in [1.165, 1.54) is 17.8 Å². The number of hydrogen-bond donors (Lipinski definition) is 1. The highest BCUT2D eigenvalue weighted by Crippen LogP contribution is 2.28. The van der Waals surface area contributed by atoms with E-state index in [0.29, 0.717) is 28.2 Å².